The van der Waals surface area contributed by atoms with Gasteiger partial charge in [-0.05, 0) is 35.7 Å². The highest BCUT2D eigenvalue weighted by atomic mass is 19.4. The largest absolute Gasteiger partial charge is 0.397 e. The number of aryl methyl sites for hydroxylation is 1. The van der Waals surface area contributed by atoms with Crippen molar-refractivity contribution in [3.05, 3.63) is 47.8 Å². The first-order valence-corrected chi connectivity index (χ1v) is 8.41. The number of aromatic nitrogens is 1. The average Bonchev–Trinajstić information content (AvgIpc) is 2.62. The van der Waals surface area contributed by atoms with Gasteiger partial charge in [-0.3, -0.25) is 14.6 Å². The van der Waals surface area contributed by atoms with Gasteiger partial charge in [0.15, 0.2) is 0 Å². The van der Waals surface area contributed by atoms with E-state index in [-0.39, 0.29) is 12.5 Å². The molecule has 3 rings (SSSR count). The molecule has 0 atom stereocenters. The third-order valence-corrected chi connectivity index (χ3v) is 4.41. The minimum Gasteiger partial charge on any atom is -0.350 e. The number of hydrogen-bond acceptors (Lipinski definition) is 3. The molecule has 0 unspecified atom stereocenters. The summed E-state index contributed by atoms with van der Waals surface area (Å²) in [5.41, 5.74) is 4.24. The van der Waals surface area contributed by atoms with Crippen LogP contribution in [-0.2, 0) is 22.6 Å². The second-order valence-corrected chi connectivity index (χ2v) is 6.40. The zero-order valence-electron chi connectivity index (χ0n) is 14.6. The third-order valence-electron chi connectivity index (χ3n) is 4.41. The lowest BCUT2D eigenvalue weighted by Gasteiger charge is -2.26. The SMILES string of the molecule is CN1C(=O)CCc2cc(-c3ccc(CNC(=O)CC(F)(F)F)nc3)ccc21. The van der Waals surface area contributed by atoms with E-state index >= 15 is 0 Å². The molecular formula is C19H18F3N3O2. The van der Waals surface area contributed by atoms with Gasteiger partial charge in [-0.2, -0.15) is 13.2 Å². The Labute approximate surface area is 154 Å². The van der Waals surface area contributed by atoms with E-state index in [1.165, 1.54) is 0 Å². The van der Waals surface area contributed by atoms with Gasteiger partial charge < -0.3 is 10.2 Å². The van der Waals surface area contributed by atoms with Crippen LogP contribution in [0.5, 0.6) is 0 Å². The molecule has 0 fully saturated rings. The fourth-order valence-corrected chi connectivity index (χ4v) is 2.97. The van der Waals surface area contributed by atoms with Crippen LogP contribution in [0.15, 0.2) is 36.5 Å². The molecule has 0 radical (unpaired) electrons. The Morgan fingerprint density at radius 2 is 1.93 bits per heavy atom. The van der Waals surface area contributed by atoms with E-state index in [1.54, 1.807) is 30.3 Å². The molecule has 1 aromatic heterocycles. The summed E-state index contributed by atoms with van der Waals surface area (Å²) >= 11 is 0. The molecule has 1 N–H and O–H groups in total. The molecule has 2 aromatic rings. The number of nitrogens with zero attached hydrogens (tertiary/aromatic N) is 2. The van der Waals surface area contributed by atoms with Crippen molar-refractivity contribution in [2.24, 2.45) is 0 Å². The van der Waals surface area contributed by atoms with E-state index in [2.05, 4.69) is 10.3 Å². The molecule has 1 aliphatic heterocycles. The molecule has 0 spiro atoms. The van der Waals surface area contributed by atoms with Crippen LogP contribution < -0.4 is 10.2 Å². The summed E-state index contributed by atoms with van der Waals surface area (Å²) in [6.45, 7) is -0.0632. The van der Waals surface area contributed by atoms with E-state index in [0.717, 1.165) is 22.4 Å². The number of halogens is 3. The average molecular weight is 377 g/mol. The number of anilines is 1. The number of pyridine rings is 1. The summed E-state index contributed by atoms with van der Waals surface area (Å²) in [6.07, 6.45) is -3.25. The van der Waals surface area contributed by atoms with Crippen molar-refractivity contribution in [1.29, 1.82) is 0 Å². The highest BCUT2D eigenvalue weighted by molar-refractivity contribution is 5.96. The molecule has 8 heteroatoms. The lowest BCUT2D eigenvalue weighted by molar-refractivity contribution is -0.153. The van der Waals surface area contributed by atoms with Gasteiger partial charge in [0, 0.05) is 30.9 Å². The molecule has 1 aliphatic rings. The van der Waals surface area contributed by atoms with Crippen LogP contribution in [0.4, 0.5) is 18.9 Å². The molecule has 2 amide bonds. The lowest BCUT2D eigenvalue weighted by atomic mass is 9.97. The Bertz CT molecular complexity index is 863. The Balaban J connectivity index is 1.67. The molecule has 0 bridgehead atoms. The third kappa shape index (κ3) is 4.64. The number of rotatable bonds is 4. The number of benzene rings is 1. The van der Waals surface area contributed by atoms with Gasteiger partial charge >= 0.3 is 6.18 Å². The van der Waals surface area contributed by atoms with E-state index in [9.17, 15) is 22.8 Å². The lowest BCUT2D eigenvalue weighted by Crippen LogP contribution is -2.30. The summed E-state index contributed by atoms with van der Waals surface area (Å²) in [5, 5.41) is 2.21. The molecule has 142 valence electrons. The van der Waals surface area contributed by atoms with Crippen molar-refractivity contribution in [2.75, 3.05) is 11.9 Å². The van der Waals surface area contributed by atoms with Crippen LogP contribution in [-0.4, -0.2) is 30.0 Å². The standard InChI is InChI=1S/C19H18F3N3O2/c1-25-16-6-3-12(8-13(16)4-7-18(25)27)14-2-5-15(23-10-14)11-24-17(26)9-19(20,21)22/h2-3,5-6,8,10H,4,7,9,11H2,1H3,(H,24,26). The highest BCUT2D eigenvalue weighted by Crippen LogP contribution is 2.31. The first-order valence-electron chi connectivity index (χ1n) is 8.41. The molecule has 2 heterocycles. The molecule has 0 saturated carbocycles. The number of hydrogen-bond donors (Lipinski definition) is 1. The molecular weight excluding hydrogens is 359 g/mol. The maximum Gasteiger partial charge on any atom is 0.397 e. The summed E-state index contributed by atoms with van der Waals surface area (Å²) in [6, 6.07) is 9.28. The second kappa shape index (κ2) is 7.38. The normalized spacial score (nSPS) is 14.1. The topological polar surface area (TPSA) is 62.3 Å². The summed E-state index contributed by atoms with van der Waals surface area (Å²) in [4.78, 5) is 28.8. The fraction of sp³-hybridized carbons (Fsp3) is 0.316. The van der Waals surface area contributed by atoms with Crippen molar-refractivity contribution in [2.45, 2.75) is 32.0 Å². The van der Waals surface area contributed by atoms with Crippen LogP contribution in [0, 0.1) is 0 Å². The van der Waals surface area contributed by atoms with Crippen molar-refractivity contribution >= 4 is 17.5 Å². The zero-order valence-corrected chi connectivity index (χ0v) is 14.6. The maximum absolute atomic E-state index is 12.1. The van der Waals surface area contributed by atoms with Gasteiger partial charge in [-0.1, -0.05) is 12.1 Å². The van der Waals surface area contributed by atoms with Crippen molar-refractivity contribution < 1.29 is 22.8 Å². The second-order valence-electron chi connectivity index (χ2n) is 6.40. The molecule has 0 saturated heterocycles. The number of carbonyl (C=O) groups is 2. The first kappa shape index (κ1) is 18.9. The van der Waals surface area contributed by atoms with Crippen LogP contribution in [0.25, 0.3) is 11.1 Å². The van der Waals surface area contributed by atoms with Crippen molar-refractivity contribution in [1.82, 2.24) is 10.3 Å². The number of alkyl halides is 3. The Kier molecular flexibility index (Phi) is 5.16. The fourth-order valence-electron chi connectivity index (χ4n) is 2.97. The van der Waals surface area contributed by atoms with Gasteiger partial charge in [0.2, 0.25) is 11.8 Å². The molecule has 27 heavy (non-hydrogen) atoms. The van der Waals surface area contributed by atoms with E-state index in [1.807, 2.05) is 18.2 Å². The number of amides is 2. The Morgan fingerprint density at radius 1 is 1.19 bits per heavy atom. The number of nitrogens with one attached hydrogen (secondary N) is 1. The van der Waals surface area contributed by atoms with Crippen LogP contribution in [0.3, 0.4) is 0 Å². The predicted molar refractivity (Wildman–Crippen MR) is 93.9 cm³/mol. The quantitative estimate of drug-likeness (QED) is 0.890. The summed E-state index contributed by atoms with van der Waals surface area (Å²) in [5.74, 6) is -0.990. The van der Waals surface area contributed by atoms with Gasteiger partial charge in [0.25, 0.3) is 0 Å². The van der Waals surface area contributed by atoms with E-state index in [0.29, 0.717) is 18.5 Å². The minimum atomic E-state index is -4.52. The zero-order chi connectivity index (χ0) is 19.6. The van der Waals surface area contributed by atoms with Crippen molar-refractivity contribution in [3.8, 4) is 11.1 Å². The Morgan fingerprint density at radius 3 is 2.59 bits per heavy atom. The van der Waals surface area contributed by atoms with Crippen molar-refractivity contribution in [3.63, 3.8) is 0 Å². The predicted octanol–water partition coefficient (Wildman–Crippen LogP) is 3.23. The smallest absolute Gasteiger partial charge is 0.350 e. The van der Waals surface area contributed by atoms with Crippen LogP contribution in [0.2, 0.25) is 0 Å². The maximum atomic E-state index is 12.1. The van der Waals surface area contributed by atoms with E-state index in [4.69, 9.17) is 0 Å². The summed E-state index contributed by atoms with van der Waals surface area (Å²) < 4.78 is 36.4. The van der Waals surface area contributed by atoms with Gasteiger partial charge in [-0.15, -0.1) is 0 Å². The number of fused-ring (bicyclic) bond motifs is 1. The van der Waals surface area contributed by atoms with Gasteiger partial charge in [0.05, 0.1) is 12.2 Å². The van der Waals surface area contributed by atoms with Crippen LogP contribution >= 0.6 is 0 Å². The molecule has 1 aromatic carbocycles. The van der Waals surface area contributed by atoms with Gasteiger partial charge in [-0.25, -0.2) is 0 Å². The van der Waals surface area contributed by atoms with Crippen LogP contribution in [0.1, 0.15) is 24.1 Å². The van der Waals surface area contributed by atoms with E-state index < -0.39 is 18.5 Å². The first-order chi connectivity index (χ1) is 12.7. The molecule has 0 aliphatic carbocycles. The summed E-state index contributed by atoms with van der Waals surface area (Å²) in [7, 11) is 1.75. The molecule has 5 nitrogen and oxygen atoms in total. The highest BCUT2D eigenvalue weighted by Gasteiger charge is 2.31. The Hall–Kier alpha value is -2.90. The minimum absolute atomic E-state index is 0.0632. The van der Waals surface area contributed by atoms with Gasteiger partial charge in [0.1, 0.15) is 6.42 Å². The number of carbonyl (C=O) groups excluding carboxylic acids is 2. The monoisotopic (exact) mass is 377 g/mol.